The molecule has 0 spiro atoms. The third-order valence-electron chi connectivity index (χ3n) is 5.04. The fourth-order valence-electron chi connectivity index (χ4n) is 3.48. The second-order valence-electron chi connectivity index (χ2n) is 7.19. The molecule has 0 atom stereocenters. The van der Waals surface area contributed by atoms with Gasteiger partial charge < -0.3 is 25.8 Å². The number of hydrogen-bond donors (Lipinski definition) is 3. The average molecular weight is 448 g/mol. The van der Waals surface area contributed by atoms with Gasteiger partial charge in [0.1, 0.15) is 24.7 Å². The Bertz CT molecular complexity index is 1340. The molecule has 4 aromatic rings. The van der Waals surface area contributed by atoms with Crippen LogP contribution in [0.5, 0.6) is 11.5 Å². The van der Waals surface area contributed by atoms with Gasteiger partial charge in [0.25, 0.3) is 0 Å². The summed E-state index contributed by atoms with van der Waals surface area (Å²) in [5.74, 6) is 2.35. The minimum Gasteiger partial charge on any atom is -0.486 e. The highest BCUT2D eigenvalue weighted by Crippen LogP contribution is 2.34. The number of nitrogens with two attached hydrogens (primary N) is 1. The molecule has 0 aliphatic carbocycles. The molecule has 0 radical (unpaired) electrons. The molecule has 12 nitrogen and oxygen atoms in total. The molecule has 1 aliphatic rings. The molecule has 12 heteroatoms. The summed E-state index contributed by atoms with van der Waals surface area (Å²) in [6, 6.07) is 10.5. The Morgan fingerprint density at radius 1 is 1.06 bits per heavy atom. The Morgan fingerprint density at radius 3 is 2.70 bits per heavy atom. The highest BCUT2D eigenvalue weighted by atomic mass is 16.6. The van der Waals surface area contributed by atoms with Crippen LogP contribution in [0.4, 0.5) is 23.3 Å². The summed E-state index contributed by atoms with van der Waals surface area (Å²) in [4.78, 5) is 23.5. The summed E-state index contributed by atoms with van der Waals surface area (Å²) in [6.07, 6.45) is 3.53. The predicted octanol–water partition coefficient (Wildman–Crippen LogP) is 2.58. The Morgan fingerprint density at radius 2 is 1.88 bits per heavy atom. The highest BCUT2D eigenvalue weighted by molar-refractivity contribution is 5.69. The van der Waals surface area contributed by atoms with Gasteiger partial charge in [-0.3, -0.25) is 14.5 Å². The minimum absolute atomic E-state index is 0.133. The van der Waals surface area contributed by atoms with E-state index in [0.29, 0.717) is 43.8 Å². The van der Waals surface area contributed by atoms with E-state index >= 15 is 0 Å². The second-order valence-corrected chi connectivity index (χ2v) is 7.19. The zero-order chi connectivity index (χ0) is 22.8. The van der Waals surface area contributed by atoms with Crippen molar-refractivity contribution in [1.82, 2.24) is 19.4 Å². The Labute approximate surface area is 187 Å². The van der Waals surface area contributed by atoms with Gasteiger partial charge in [0.2, 0.25) is 11.8 Å². The van der Waals surface area contributed by atoms with Gasteiger partial charge in [-0.05, 0) is 24.3 Å². The maximum atomic E-state index is 10.9. The number of benzene rings is 1. The minimum atomic E-state index is -0.565. The van der Waals surface area contributed by atoms with Gasteiger partial charge in [-0.1, -0.05) is 0 Å². The van der Waals surface area contributed by atoms with E-state index in [0.717, 1.165) is 22.7 Å². The molecule has 33 heavy (non-hydrogen) atoms. The molecule has 1 aliphatic heterocycles. The van der Waals surface area contributed by atoms with Crippen LogP contribution in [-0.4, -0.2) is 50.6 Å². The number of pyridine rings is 1. The standard InChI is InChI=1S/C21H20N8O4/c22-20-15(29(30)31)2-4-18(27-20)23-5-6-25-21-26-14(12-19-24-7-8-28(19)21)13-1-3-16-17(11-13)33-10-9-32-16/h1-4,7-8,11-12H,5-6,9-10H2,(H,25,26)(H3,22,23,27). The first kappa shape index (κ1) is 20.3. The summed E-state index contributed by atoms with van der Waals surface area (Å²) in [5, 5.41) is 17.2. The molecule has 0 fully saturated rings. The van der Waals surface area contributed by atoms with Crippen molar-refractivity contribution in [2.24, 2.45) is 0 Å². The molecule has 5 rings (SSSR count). The van der Waals surface area contributed by atoms with Crippen LogP contribution < -0.4 is 25.8 Å². The van der Waals surface area contributed by atoms with Crippen molar-refractivity contribution in [2.75, 3.05) is 42.7 Å². The molecular weight excluding hydrogens is 428 g/mol. The van der Waals surface area contributed by atoms with Crippen LogP contribution in [0.15, 0.2) is 48.8 Å². The van der Waals surface area contributed by atoms with Crippen molar-refractivity contribution >= 4 is 28.9 Å². The molecular formula is C21H20N8O4. The third-order valence-corrected chi connectivity index (χ3v) is 5.04. The van der Waals surface area contributed by atoms with Crippen molar-refractivity contribution in [3.05, 3.63) is 58.9 Å². The first-order chi connectivity index (χ1) is 16.1. The van der Waals surface area contributed by atoms with E-state index in [1.54, 1.807) is 6.20 Å². The number of rotatable bonds is 7. The first-order valence-electron chi connectivity index (χ1n) is 10.2. The fraction of sp³-hybridized carbons (Fsp3) is 0.190. The van der Waals surface area contributed by atoms with Gasteiger partial charge >= 0.3 is 5.69 Å². The number of nitrogens with zero attached hydrogens (tertiary/aromatic N) is 5. The normalized spacial score (nSPS) is 12.5. The number of hydrogen-bond acceptors (Lipinski definition) is 10. The monoisotopic (exact) mass is 448 g/mol. The summed E-state index contributed by atoms with van der Waals surface area (Å²) in [6.45, 7) is 2.03. The average Bonchev–Trinajstić information content (AvgIpc) is 3.30. The molecule has 4 N–H and O–H groups in total. The van der Waals surface area contributed by atoms with E-state index in [-0.39, 0.29) is 11.5 Å². The van der Waals surface area contributed by atoms with Crippen molar-refractivity contribution in [2.45, 2.75) is 0 Å². The van der Waals surface area contributed by atoms with Crippen molar-refractivity contribution in [3.63, 3.8) is 0 Å². The number of anilines is 3. The summed E-state index contributed by atoms with van der Waals surface area (Å²) in [7, 11) is 0. The summed E-state index contributed by atoms with van der Waals surface area (Å²) < 4.78 is 13.1. The predicted molar refractivity (Wildman–Crippen MR) is 122 cm³/mol. The SMILES string of the molecule is Nc1nc(NCCNc2nc(-c3ccc4c(c3)OCCO4)cc3nccn23)ccc1[N+](=O)[O-]. The lowest BCUT2D eigenvalue weighted by molar-refractivity contribution is -0.384. The van der Waals surface area contributed by atoms with Gasteiger partial charge in [-0.15, -0.1) is 0 Å². The zero-order valence-corrected chi connectivity index (χ0v) is 17.4. The first-order valence-corrected chi connectivity index (χ1v) is 10.2. The van der Waals surface area contributed by atoms with Crippen LogP contribution in [0.3, 0.4) is 0 Å². The van der Waals surface area contributed by atoms with Crippen LogP contribution in [0, 0.1) is 10.1 Å². The Balaban J connectivity index is 1.31. The maximum absolute atomic E-state index is 10.9. The summed E-state index contributed by atoms with van der Waals surface area (Å²) >= 11 is 0. The number of nitrogen functional groups attached to an aromatic ring is 1. The van der Waals surface area contributed by atoms with E-state index in [2.05, 4.69) is 20.6 Å². The molecule has 1 aromatic carbocycles. The fourth-order valence-corrected chi connectivity index (χ4v) is 3.48. The smallest absolute Gasteiger partial charge is 0.311 e. The van der Waals surface area contributed by atoms with E-state index in [9.17, 15) is 10.1 Å². The quantitative estimate of drug-likeness (QED) is 0.218. The van der Waals surface area contributed by atoms with E-state index in [1.807, 2.05) is 34.9 Å². The van der Waals surface area contributed by atoms with Crippen LogP contribution in [0.2, 0.25) is 0 Å². The molecule has 3 aromatic heterocycles. The Hall–Kier alpha value is -4.61. The van der Waals surface area contributed by atoms with Gasteiger partial charge in [0.05, 0.1) is 10.6 Å². The largest absolute Gasteiger partial charge is 0.486 e. The number of imidazole rings is 1. The van der Waals surface area contributed by atoms with E-state index < -0.39 is 4.92 Å². The lowest BCUT2D eigenvalue weighted by Gasteiger charge is -2.19. The van der Waals surface area contributed by atoms with Gasteiger partial charge in [0.15, 0.2) is 11.5 Å². The topological polar surface area (TPSA) is 155 Å². The molecule has 0 amide bonds. The van der Waals surface area contributed by atoms with Crippen LogP contribution >= 0.6 is 0 Å². The van der Waals surface area contributed by atoms with Crippen molar-refractivity contribution in [1.29, 1.82) is 0 Å². The molecule has 0 unspecified atom stereocenters. The number of ether oxygens (including phenoxy) is 2. The van der Waals surface area contributed by atoms with Crippen LogP contribution in [0.1, 0.15) is 0 Å². The molecule has 4 heterocycles. The third kappa shape index (κ3) is 4.13. The van der Waals surface area contributed by atoms with E-state index in [4.69, 9.17) is 20.2 Å². The number of aromatic nitrogens is 4. The van der Waals surface area contributed by atoms with Crippen molar-refractivity contribution in [3.8, 4) is 22.8 Å². The highest BCUT2D eigenvalue weighted by Gasteiger charge is 2.15. The van der Waals surface area contributed by atoms with Crippen LogP contribution in [-0.2, 0) is 0 Å². The number of fused-ring (bicyclic) bond motifs is 2. The van der Waals surface area contributed by atoms with Crippen molar-refractivity contribution < 1.29 is 14.4 Å². The van der Waals surface area contributed by atoms with Gasteiger partial charge in [-0.2, -0.15) is 0 Å². The lowest BCUT2D eigenvalue weighted by atomic mass is 10.1. The molecule has 0 saturated heterocycles. The van der Waals surface area contributed by atoms with Gasteiger partial charge in [0, 0.05) is 43.2 Å². The molecule has 0 saturated carbocycles. The lowest BCUT2D eigenvalue weighted by Crippen LogP contribution is -2.17. The van der Waals surface area contributed by atoms with Gasteiger partial charge in [-0.25, -0.2) is 15.0 Å². The Kier molecular flexibility index (Phi) is 5.23. The second kappa shape index (κ2) is 8.49. The summed E-state index contributed by atoms with van der Waals surface area (Å²) in [5.41, 5.74) is 7.79. The molecule has 0 bridgehead atoms. The zero-order valence-electron chi connectivity index (χ0n) is 17.4. The number of nitro groups is 1. The number of nitrogens with one attached hydrogen (secondary N) is 2. The molecule has 168 valence electrons. The maximum Gasteiger partial charge on any atom is 0.311 e. The van der Waals surface area contributed by atoms with Crippen LogP contribution in [0.25, 0.3) is 16.9 Å². The van der Waals surface area contributed by atoms with E-state index in [1.165, 1.54) is 12.1 Å².